The number of halogens is 2. The highest BCUT2D eigenvalue weighted by Gasteiger charge is 2.30. The molecule has 4 aromatic rings. The molecular weight excluding hydrogens is 423 g/mol. The van der Waals surface area contributed by atoms with Gasteiger partial charge in [0.2, 0.25) is 0 Å². The summed E-state index contributed by atoms with van der Waals surface area (Å²) < 4.78 is 17.4. The van der Waals surface area contributed by atoms with E-state index in [1.54, 1.807) is 24.3 Å². The van der Waals surface area contributed by atoms with E-state index in [-0.39, 0.29) is 29.5 Å². The van der Waals surface area contributed by atoms with Gasteiger partial charge in [-0.1, -0.05) is 11.6 Å². The summed E-state index contributed by atoms with van der Waals surface area (Å²) in [5.74, 6) is -0.671. The van der Waals surface area contributed by atoms with E-state index in [0.717, 1.165) is 12.8 Å². The van der Waals surface area contributed by atoms with Crippen LogP contribution in [-0.2, 0) is 6.54 Å². The summed E-state index contributed by atoms with van der Waals surface area (Å²) in [5, 5.41) is 0.514. The molecule has 2 heterocycles. The minimum Gasteiger partial charge on any atom is -0.317 e. The van der Waals surface area contributed by atoms with Crippen molar-refractivity contribution >= 4 is 28.5 Å². The Morgan fingerprint density at radius 2 is 1.74 bits per heavy atom. The van der Waals surface area contributed by atoms with Crippen molar-refractivity contribution in [1.82, 2.24) is 18.7 Å². The number of benzene rings is 2. The third-order valence-corrected chi connectivity index (χ3v) is 5.58. The van der Waals surface area contributed by atoms with Crippen LogP contribution in [0.15, 0.2) is 64.4 Å². The van der Waals surface area contributed by atoms with E-state index in [0.29, 0.717) is 16.3 Å². The van der Waals surface area contributed by atoms with Crippen molar-refractivity contribution in [2.45, 2.75) is 25.4 Å². The molecular formula is C22H16ClFN4O3. The van der Waals surface area contributed by atoms with Crippen LogP contribution < -0.4 is 11.2 Å². The van der Waals surface area contributed by atoms with Crippen molar-refractivity contribution in [3.8, 4) is 5.69 Å². The largest absolute Gasteiger partial charge is 0.337 e. The van der Waals surface area contributed by atoms with Crippen molar-refractivity contribution in [3.63, 3.8) is 0 Å². The van der Waals surface area contributed by atoms with Gasteiger partial charge in [-0.2, -0.15) is 0 Å². The maximum absolute atomic E-state index is 13.4. The molecule has 1 saturated carbocycles. The van der Waals surface area contributed by atoms with Gasteiger partial charge in [0.1, 0.15) is 5.82 Å². The Hall–Kier alpha value is -3.52. The van der Waals surface area contributed by atoms with E-state index in [9.17, 15) is 18.8 Å². The molecule has 0 saturated heterocycles. The second-order valence-corrected chi connectivity index (χ2v) is 7.91. The maximum atomic E-state index is 13.4. The first-order valence-electron chi connectivity index (χ1n) is 9.71. The Bertz CT molecular complexity index is 1430. The van der Waals surface area contributed by atoms with Crippen LogP contribution in [0.25, 0.3) is 16.9 Å². The Labute approximate surface area is 179 Å². The quantitative estimate of drug-likeness (QED) is 0.447. The first-order chi connectivity index (χ1) is 14.9. The number of fused-ring (bicyclic) bond motifs is 1. The highest BCUT2D eigenvalue weighted by Crippen LogP contribution is 2.32. The van der Waals surface area contributed by atoms with Crippen molar-refractivity contribution in [2.24, 2.45) is 0 Å². The van der Waals surface area contributed by atoms with Gasteiger partial charge in [0.25, 0.3) is 5.56 Å². The molecule has 5 rings (SSSR count). The van der Waals surface area contributed by atoms with E-state index in [1.165, 1.54) is 44.3 Å². The molecule has 7 nitrogen and oxygen atoms in total. The molecule has 1 aliphatic rings. The van der Waals surface area contributed by atoms with Gasteiger partial charge in [-0.15, -0.1) is 0 Å². The number of carbonyl (C=O) groups excluding carboxylic acids is 1. The molecule has 1 aliphatic carbocycles. The van der Waals surface area contributed by atoms with E-state index in [2.05, 4.69) is 4.98 Å². The number of carbonyl (C=O) groups is 1. The number of rotatable bonds is 5. The molecule has 0 aliphatic heterocycles. The lowest BCUT2D eigenvalue weighted by Gasteiger charge is -2.12. The fraction of sp³-hybridized carbons (Fsp3) is 0.182. The van der Waals surface area contributed by atoms with E-state index < -0.39 is 17.1 Å². The SMILES string of the molecule is O=C(Cn1cnc2c1c(=O)n(C1CC1)c(=O)n2-c1ccc(F)cc1)c1ccc(Cl)cc1. The van der Waals surface area contributed by atoms with Crippen molar-refractivity contribution < 1.29 is 9.18 Å². The van der Waals surface area contributed by atoms with Crippen LogP contribution >= 0.6 is 11.6 Å². The zero-order chi connectivity index (χ0) is 21.7. The number of nitrogens with zero attached hydrogens (tertiary/aromatic N) is 4. The first-order valence-corrected chi connectivity index (χ1v) is 10.1. The van der Waals surface area contributed by atoms with Crippen LogP contribution in [0, 0.1) is 5.82 Å². The normalized spacial score (nSPS) is 13.6. The number of hydrogen-bond donors (Lipinski definition) is 0. The Kier molecular flexibility index (Phi) is 4.59. The molecule has 0 bridgehead atoms. The number of aromatic nitrogens is 4. The average Bonchev–Trinajstić information content (AvgIpc) is 3.50. The molecule has 1 fully saturated rings. The molecule has 0 atom stereocenters. The number of Topliss-reactive ketones (excluding diaryl/α,β-unsaturated/α-hetero) is 1. The molecule has 0 N–H and O–H groups in total. The van der Waals surface area contributed by atoms with E-state index in [4.69, 9.17) is 11.6 Å². The smallest absolute Gasteiger partial charge is 0.317 e. The fourth-order valence-electron chi connectivity index (χ4n) is 3.63. The van der Waals surface area contributed by atoms with Crippen LogP contribution in [0.3, 0.4) is 0 Å². The second-order valence-electron chi connectivity index (χ2n) is 7.48. The van der Waals surface area contributed by atoms with Gasteiger partial charge in [0, 0.05) is 16.6 Å². The molecule has 2 aromatic carbocycles. The van der Waals surface area contributed by atoms with Gasteiger partial charge in [0.05, 0.1) is 18.6 Å². The Morgan fingerprint density at radius 1 is 1.06 bits per heavy atom. The van der Waals surface area contributed by atoms with Gasteiger partial charge in [-0.25, -0.2) is 18.7 Å². The van der Waals surface area contributed by atoms with Gasteiger partial charge < -0.3 is 4.57 Å². The molecule has 0 unspecified atom stereocenters. The molecule has 9 heteroatoms. The van der Waals surface area contributed by atoms with E-state index in [1.807, 2.05) is 0 Å². The van der Waals surface area contributed by atoms with Crippen LogP contribution in [0.4, 0.5) is 4.39 Å². The topological polar surface area (TPSA) is 78.9 Å². The third kappa shape index (κ3) is 3.38. The zero-order valence-electron chi connectivity index (χ0n) is 16.2. The minimum absolute atomic E-state index is 0.125. The Morgan fingerprint density at radius 3 is 2.39 bits per heavy atom. The van der Waals surface area contributed by atoms with Crippen molar-refractivity contribution in [3.05, 3.63) is 92.1 Å². The number of ketones is 1. The lowest BCUT2D eigenvalue weighted by Crippen LogP contribution is -2.39. The molecule has 156 valence electrons. The third-order valence-electron chi connectivity index (χ3n) is 5.33. The van der Waals surface area contributed by atoms with Crippen molar-refractivity contribution in [1.29, 1.82) is 0 Å². The molecule has 2 aromatic heterocycles. The predicted octanol–water partition coefficient (Wildman–Crippen LogP) is 3.36. The zero-order valence-corrected chi connectivity index (χ0v) is 16.9. The summed E-state index contributed by atoms with van der Waals surface area (Å²) in [6.07, 6.45) is 2.82. The lowest BCUT2D eigenvalue weighted by molar-refractivity contribution is 0.0973. The molecule has 0 amide bonds. The van der Waals surface area contributed by atoms with Crippen LogP contribution in [0.1, 0.15) is 29.2 Å². The standard InChI is InChI=1S/C22H16ClFN4O3/c23-14-3-1-13(2-4-14)18(29)11-26-12-25-20-19(26)21(30)28(17-9-10-17)22(31)27(20)16-7-5-15(24)6-8-16/h1-8,12,17H,9-11H2. The average molecular weight is 439 g/mol. The van der Waals surface area contributed by atoms with Gasteiger partial charge in [0.15, 0.2) is 16.9 Å². The lowest BCUT2D eigenvalue weighted by atomic mass is 10.1. The number of hydrogen-bond acceptors (Lipinski definition) is 4. The number of imidazole rings is 1. The first kappa shape index (κ1) is 19.4. The van der Waals surface area contributed by atoms with Crippen LogP contribution in [0.5, 0.6) is 0 Å². The van der Waals surface area contributed by atoms with E-state index >= 15 is 0 Å². The summed E-state index contributed by atoms with van der Waals surface area (Å²) in [5.41, 5.74) is 0.101. The molecule has 0 radical (unpaired) electrons. The van der Waals surface area contributed by atoms with Crippen molar-refractivity contribution in [2.75, 3.05) is 0 Å². The maximum Gasteiger partial charge on any atom is 0.337 e. The predicted molar refractivity (Wildman–Crippen MR) is 114 cm³/mol. The highest BCUT2D eigenvalue weighted by atomic mass is 35.5. The Balaban J connectivity index is 1.69. The monoisotopic (exact) mass is 438 g/mol. The highest BCUT2D eigenvalue weighted by molar-refractivity contribution is 6.30. The minimum atomic E-state index is -0.527. The van der Waals surface area contributed by atoms with Gasteiger partial charge in [-0.3, -0.25) is 14.2 Å². The summed E-state index contributed by atoms with van der Waals surface area (Å²) in [6.45, 7) is -0.125. The van der Waals surface area contributed by atoms with Crippen LogP contribution in [-0.4, -0.2) is 24.5 Å². The van der Waals surface area contributed by atoms with Gasteiger partial charge in [-0.05, 0) is 61.4 Å². The summed E-state index contributed by atoms with van der Waals surface area (Å²) in [6, 6.07) is 11.7. The fourth-order valence-corrected chi connectivity index (χ4v) is 3.76. The van der Waals surface area contributed by atoms with Gasteiger partial charge >= 0.3 is 5.69 Å². The summed E-state index contributed by atoms with van der Waals surface area (Å²) in [7, 11) is 0. The second kappa shape index (κ2) is 7.31. The van der Waals surface area contributed by atoms with Crippen LogP contribution in [0.2, 0.25) is 5.02 Å². The summed E-state index contributed by atoms with van der Waals surface area (Å²) in [4.78, 5) is 43.4. The molecule has 31 heavy (non-hydrogen) atoms. The molecule has 0 spiro atoms. The summed E-state index contributed by atoms with van der Waals surface area (Å²) >= 11 is 5.88.